The molecule has 0 bridgehead atoms. The molecule has 18 heavy (non-hydrogen) atoms. The van der Waals surface area contributed by atoms with Gasteiger partial charge >= 0.3 is 12.0 Å². The van der Waals surface area contributed by atoms with Gasteiger partial charge in [0, 0.05) is 25.2 Å². The smallest absolute Gasteiger partial charge is 0.317 e. The average Bonchev–Trinajstić information content (AvgIpc) is 2.78. The molecule has 4 N–H and O–H groups in total. The first kappa shape index (κ1) is 13.1. The van der Waals surface area contributed by atoms with E-state index in [1.165, 1.54) is 0 Å². The monoisotopic (exact) mass is 255 g/mol. The van der Waals surface area contributed by atoms with Gasteiger partial charge in [0.2, 0.25) is 0 Å². The topological polar surface area (TPSA) is 95.7 Å². The lowest BCUT2D eigenvalue weighted by Gasteiger charge is -2.31. The highest BCUT2D eigenvalue weighted by Crippen LogP contribution is 2.25. The third-order valence-corrected chi connectivity index (χ3v) is 3.94. The maximum atomic E-state index is 12.0. The summed E-state index contributed by atoms with van der Waals surface area (Å²) in [7, 11) is 0. The fourth-order valence-corrected chi connectivity index (χ4v) is 2.71. The summed E-state index contributed by atoms with van der Waals surface area (Å²) in [5, 5.41) is 11.8. The zero-order valence-corrected chi connectivity index (χ0v) is 10.5. The third kappa shape index (κ3) is 3.13. The zero-order valence-electron chi connectivity index (χ0n) is 10.5. The summed E-state index contributed by atoms with van der Waals surface area (Å²) in [4.78, 5) is 24.6. The summed E-state index contributed by atoms with van der Waals surface area (Å²) >= 11 is 0. The molecule has 6 nitrogen and oxygen atoms in total. The number of rotatable bonds is 2. The number of nitrogens with one attached hydrogen (secondary N) is 1. The molecule has 2 unspecified atom stereocenters. The van der Waals surface area contributed by atoms with E-state index in [1.807, 2.05) is 0 Å². The van der Waals surface area contributed by atoms with Crippen molar-refractivity contribution in [1.29, 1.82) is 0 Å². The molecule has 1 saturated carbocycles. The summed E-state index contributed by atoms with van der Waals surface area (Å²) in [6.45, 7) is 1.39. The number of amides is 2. The minimum absolute atomic E-state index is 0.00852. The van der Waals surface area contributed by atoms with Gasteiger partial charge in [0.1, 0.15) is 0 Å². The van der Waals surface area contributed by atoms with Crippen molar-refractivity contribution in [2.45, 2.75) is 44.2 Å². The summed E-state index contributed by atoms with van der Waals surface area (Å²) in [6.07, 6.45) is 3.65. The van der Waals surface area contributed by atoms with Gasteiger partial charge in [0.05, 0.1) is 5.92 Å². The summed E-state index contributed by atoms with van der Waals surface area (Å²) in [5.74, 6) is -1.05. The van der Waals surface area contributed by atoms with E-state index in [2.05, 4.69) is 5.32 Å². The van der Waals surface area contributed by atoms with Gasteiger partial charge in [0.15, 0.2) is 0 Å². The largest absolute Gasteiger partial charge is 0.481 e. The molecule has 2 amide bonds. The fraction of sp³-hybridized carbons (Fsp3) is 0.833. The van der Waals surface area contributed by atoms with Crippen LogP contribution in [-0.4, -0.2) is 47.2 Å². The quantitative estimate of drug-likeness (QED) is 0.664. The molecule has 2 aliphatic rings. The molecule has 1 aliphatic carbocycles. The maximum Gasteiger partial charge on any atom is 0.317 e. The summed E-state index contributed by atoms with van der Waals surface area (Å²) < 4.78 is 0. The molecular formula is C12H21N3O3. The number of aliphatic carboxylic acids is 1. The molecule has 2 rings (SSSR count). The average molecular weight is 255 g/mol. The SMILES string of the molecule is NC1CCN(C(=O)NC2CCC(C(=O)O)C2)CC1. The van der Waals surface area contributed by atoms with E-state index in [-0.39, 0.29) is 24.0 Å². The Labute approximate surface area is 107 Å². The van der Waals surface area contributed by atoms with Crippen LogP contribution in [0.4, 0.5) is 4.79 Å². The molecule has 0 aromatic carbocycles. The van der Waals surface area contributed by atoms with Crippen molar-refractivity contribution in [1.82, 2.24) is 10.2 Å². The number of carboxylic acids is 1. The van der Waals surface area contributed by atoms with Gasteiger partial charge in [-0.25, -0.2) is 4.79 Å². The molecule has 0 aromatic heterocycles. The number of carboxylic acid groups (broad SMARTS) is 1. The zero-order chi connectivity index (χ0) is 13.1. The Morgan fingerprint density at radius 2 is 1.83 bits per heavy atom. The van der Waals surface area contributed by atoms with Crippen molar-refractivity contribution < 1.29 is 14.7 Å². The lowest BCUT2D eigenvalue weighted by molar-refractivity contribution is -0.141. The second-order valence-corrected chi connectivity index (χ2v) is 5.32. The Morgan fingerprint density at radius 3 is 2.39 bits per heavy atom. The molecule has 1 heterocycles. The van der Waals surface area contributed by atoms with Gasteiger partial charge in [0.25, 0.3) is 0 Å². The number of urea groups is 1. The first-order chi connectivity index (χ1) is 8.56. The van der Waals surface area contributed by atoms with E-state index in [4.69, 9.17) is 10.8 Å². The number of carbonyl (C=O) groups is 2. The number of hydrogen-bond acceptors (Lipinski definition) is 3. The Morgan fingerprint density at radius 1 is 1.17 bits per heavy atom. The number of carbonyl (C=O) groups excluding carboxylic acids is 1. The van der Waals surface area contributed by atoms with Crippen LogP contribution in [0.2, 0.25) is 0 Å². The molecule has 102 valence electrons. The highest BCUT2D eigenvalue weighted by atomic mass is 16.4. The second-order valence-electron chi connectivity index (χ2n) is 5.32. The van der Waals surface area contributed by atoms with Crippen LogP contribution >= 0.6 is 0 Å². The van der Waals surface area contributed by atoms with Gasteiger partial charge in [-0.2, -0.15) is 0 Å². The highest BCUT2D eigenvalue weighted by Gasteiger charge is 2.31. The number of nitrogens with two attached hydrogens (primary N) is 1. The van der Waals surface area contributed by atoms with Crippen LogP contribution in [0.5, 0.6) is 0 Å². The summed E-state index contributed by atoms with van der Waals surface area (Å²) in [6, 6.07) is 0.143. The van der Waals surface area contributed by atoms with Crippen LogP contribution in [0.1, 0.15) is 32.1 Å². The molecule has 1 saturated heterocycles. The Kier molecular flexibility index (Phi) is 4.06. The van der Waals surface area contributed by atoms with Gasteiger partial charge in [-0.05, 0) is 32.1 Å². The van der Waals surface area contributed by atoms with Crippen molar-refractivity contribution in [2.24, 2.45) is 11.7 Å². The second kappa shape index (κ2) is 5.56. The fourth-order valence-electron chi connectivity index (χ4n) is 2.71. The normalized spacial score (nSPS) is 29.3. The van der Waals surface area contributed by atoms with Crippen molar-refractivity contribution in [2.75, 3.05) is 13.1 Å². The molecule has 0 aromatic rings. The molecule has 0 radical (unpaired) electrons. The van der Waals surface area contributed by atoms with E-state index in [0.717, 1.165) is 19.3 Å². The van der Waals surface area contributed by atoms with Gasteiger partial charge < -0.3 is 21.1 Å². The van der Waals surface area contributed by atoms with Crippen LogP contribution in [-0.2, 0) is 4.79 Å². The molecule has 2 atom stereocenters. The maximum absolute atomic E-state index is 12.0. The number of likely N-dealkylation sites (tertiary alicyclic amines) is 1. The Bertz CT molecular complexity index is 327. The van der Waals surface area contributed by atoms with Crippen molar-refractivity contribution in [3.8, 4) is 0 Å². The predicted octanol–water partition coefficient (Wildman–Crippen LogP) is 0.372. The predicted molar refractivity (Wildman–Crippen MR) is 66.1 cm³/mol. The first-order valence-corrected chi connectivity index (χ1v) is 6.60. The number of piperidine rings is 1. The molecule has 1 aliphatic heterocycles. The van der Waals surface area contributed by atoms with E-state index in [1.54, 1.807) is 4.90 Å². The van der Waals surface area contributed by atoms with Crippen molar-refractivity contribution in [3.05, 3.63) is 0 Å². The first-order valence-electron chi connectivity index (χ1n) is 6.60. The minimum atomic E-state index is -0.754. The highest BCUT2D eigenvalue weighted by molar-refractivity contribution is 5.75. The molecular weight excluding hydrogens is 234 g/mol. The van der Waals surface area contributed by atoms with E-state index in [9.17, 15) is 9.59 Å². The van der Waals surface area contributed by atoms with E-state index in [0.29, 0.717) is 25.9 Å². The third-order valence-electron chi connectivity index (χ3n) is 3.94. The van der Waals surface area contributed by atoms with Gasteiger partial charge in [-0.15, -0.1) is 0 Å². The minimum Gasteiger partial charge on any atom is -0.481 e. The van der Waals surface area contributed by atoms with Crippen LogP contribution in [0.25, 0.3) is 0 Å². The van der Waals surface area contributed by atoms with E-state index < -0.39 is 5.97 Å². The number of nitrogens with zero attached hydrogens (tertiary/aromatic N) is 1. The van der Waals surface area contributed by atoms with Crippen LogP contribution in [0, 0.1) is 5.92 Å². The molecule has 0 spiro atoms. The lowest BCUT2D eigenvalue weighted by Crippen LogP contribution is -2.49. The Hall–Kier alpha value is -1.30. The van der Waals surface area contributed by atoms with Gasteiger partial charge in [-0.3, -0.25) is 4.79 Å². The van der Waals surface area contributed by atoms with E-state index >= 15 is 0 Å². The Balaban J connectivity index is 1.76. The molecule has 2 fully saturated rings. The molecule has 6 heteroatoms. The van der Waals surface area contributed by atoms with Crippen molar-refractivity contribution >= 4 is 12.0 Å². The van der Waals surface area contributed by atoms with Crippen molar-refractivity contribution in [3.63, 3.8) is 0 Å². The standard InChI is InChI=1S/C12H21N3O3/c13-9-3-5-15(6-4-9)12(18)14-10-2-1-8(7-10)11(16)17/h8-10H,1-7,13H2,(H,14,18)(H,16,17). The van der Waals surface area contributed by atoms with Crippen LogP contribution in [0.15, 0.2) is 0 Å². The summed E-state index contributed by atoms with van der Waals surface area (Å²) in [5.41, 5.74) is 5.79. The van der Waals surface area contributed by atoms with Crippen LogP contribution < -0.4 is 11.1 Å². The number of hydrogen-bond donors (Lipinski definition) is 3. The van der Waals surface area contributed by atoms with Gasteiger partial charge in [-0.1, -0.05) is 0 Å². The lowest BCUT2D eigenvalue weighted by atomic mass is 10.1. The van der Waals surface area contributed by atoms with Crippen LogP contribution in [0.3, 0.4) is 0 Å².